The Morgan fingerprint density at radius 3 is 2.52 bits per heavy atom. The molecule has 0 bridgehead atoms. The molecule has 0 aromatic rings. The van der Waals surface area contributed by atoms with Crippen molar-refractivity contribution < 1.29 is 28.9 Å². The first-order valence-electron chi connectivity index (χ1n) is 6.76. The predicted octanol–water partition coefficient (Wildman–Crippen LogP) is 1.73. The quantitative estimate of drug-likeness (QED) is 0.793. The second-order valence-corrected chi connectivity index (χ2v) is 6.67. The van der Waals surface area contributed by atoms with Gasteiger partial charge in [0.25, 0.3) is 0 Å². The van der Waals surface area contributed by atoms with Gasteiger partial charge in [0, 0.05) is 20.4 Å². The third-order valence-electron chi connectivity index (χ3n) is 3.08. The molecule has 1 atom stereocenters. The van der Waals surface area contributed by atoms with Gasteiger partial charge in [-0.2, -0.15) is 0 Å². The average Bonchev–Trinajstić information content (AvgIpc) is 2.56. The summed E-state index contributed by atoms with van der Waals surface area (Å²) in [7, 11) is 0. The van der Waals surface area contributed by atoms with Gasteiger partial charge in [-0.25, -0.2) is 9.59 Å². The lowest BCUT2D eigenvalue weighted by molar-refractivity contribution is -0.187. The highest BCUT2D eigenvalue weighted by atomic mass is 16.8. The number of carboxylic acids is 1. The van der Waals surface area contributed by atoms with Crippen LogP contribution in [0.1, 0.15) is 34.6 Å². The molecule has 2 aliphatic heterocycles. The summed E-state index contributed by atoms with van der Waals surface area (Å²) in [6, 6.07) is 0. The summed E-state index contributed by atoms with van der Waals surface area (Å²) >= 11 is 0. The minimum Gasteiger partial charge on any atom is -0.479 e. The minimum absolute atomic E-state index is 0.146. The summed E-state index contributed by atoms with van der Waals surface area (Å²) < 4.78 is 16.4. The summed E-state index contributed by atoms with van der Waals surface area (Å²) in [5.41, 5.74) is -2.32. The van der Waals surface area contributed by atoms with E-state index >= 15 is 0 Å². The zero-order valence-corrected chi connectivity index (χ0v) is 12.9. The van der Waals surface area contributed by atoms with Gasteiger partial charge in [-0.1, -0.05) is 0 Å². The molecule has 2 rings (SSSR count). The highest BCUT2D eigenvalue weighted by molar-refractivity contribution is 5.84. The van der Waals surface area contributed by atoms with Gasteiger partial charge in [-0.15, -0.1) is 0 Å². The Morgan fingerprint density at radius 2 is 2.00 bits per heavy atom. The average molecular weight is 299 g/mol. The molecule has 2 heterocycles. The maximum absolute atomic E-state index is 12.1. The second kappa shape index (κ2) is 4.62. The van der Waals surface area contributed by atoms with Crippen molar-refractivity contribution in [3.63, 3.8) is 0 Å². The van der Waals surface area contributed by atoms with Crippen LogP contribution in [0.3, 0.4) is 0 Å². The van der Waals surface area contributed by atoms with Gasteiger partial charge >= 0.3 is 12.1 Å². The molecule has 0 aliphatic carbocycles. The van der Waals surface area contributed by atoms with Gasteiger partial charge in [-0.3, -0.25) is 0 Å². The third kappa shape index (κ3) is 2.97. The van der Waals surface area contributed by atoms with Crippen LogP contribution in [0.2, 0.25) is 0 Å². The van der Waals surface area contributed by atoms with Crippen LogP contribution in [0.15, 0.2) is 11.8 Å². The number of nitrogens with zero attached hydrogens (tertiary/aromatic N) is 1. The zero-order valence-electron chi connectivity index (χ0n) is 12.9. The van der Waals surface area contributed by atoms with Crippen molar-refractivity contribution in [1.29, 1.82) is 0 Å². The Hall–Kier alpha value is -1.76. The monoisotopic (exact) mass is 299 g/mol. The van der Waals surface area contributed by atoms with E-state index in [0.717, 1.165) is 0 Å². The summed E-state index contributed by atoms with van der Waals surface area (Å²) in [6.07, 6.45) is 0.975. The van der Waals surface area contributed by atoms with Gasteiger partial charge in [0.15, 0.2) is 0 Å². The summed E-state index contributed by atoms with van der Waals surface area (Å²) in [4.78, 5) is 25.1. The number of hydrogen-bond donors (Lipinski definition) is 1. The Morgan fingerprint density at radius 1 is 1.38 bits per heavy atom. The normalized spacial score (nSPS) is 27.5. The highest BCUT2D eigenvalue weighted by Crippen LogP contribution is 2.42. The number of carbonyl (C=O) groups excluding carboxylic acids is 1. The van der Waals surface area contributed by atoms with Gasteiger partial charge in [0.2, 0.25) is 11.4 Å². The SMILES string of the molecule is CC(C)(C)OC(=O)N1CC=C2OC(C)(C)O[C@@]2(C(=O)O)C1. The highest BCUT2D eigenvalue weighted by Gasteiger charge is 2.59. The van der Waals surface area contributed by atoms with E-state index < -0.39 is 29.1 Å². The topological polar surface area (TPSA) is 85.3 Å². The molecule has 7 nitrogen and oxygen atoms in total. The van der Waals surface area contributed by atoms with E-state index in [0.29, 0.717) is 0 Å². The van der Waals surface area contributed by atoms with Crippen LogP contribution in [0.25, 0.3) is 0 Å². The van der Waals surface area contributed by atoms with Crippen molar-refractivity contribution in [2.24, 2.45) is 0 Å². The number of amides is 1. The molecule has 0 aromatic heterocycles. The van der Waals surface area contributed by atoms with Crippen LogP contribution < -0.4 is 0 Å². The Balaban J connectivity index is 2.24. The van der Waals surface area contributed by atoms with E-state index in [-0.39, 0.29) is 18.8 Å². The van der Waals surface area contributed by atoms with Crippen LogP contribution in [-0.4, -0.2) is 52.1 Å². The first-order valence-corrected chi connectivity index (χ1v) is 6.76. The van der Waals surface area contributed by atoms with E-state index in [4.69, 9.17) is 14.2 Å². The second-order valence-electron chi connectivity index (χ2n) is 6.67. The molecule has 7 heteroatoms. The van der Waals surface area contributed by atoms with E-state index in [2.05, 4.69) is 0 Å². The zero-order chi connectivity index (χ0) is 16.1. The van der Waals surface area contributed by atoms with Crippen molar-refractivity contribution >= 4 is 12.1 Å². The first-order chi connectivity index (χ1) is 9.45. The lowest BCUT2D eigenvalue weighted by Gasteiger charge is -2.35. The largest absolute Gasteiger partial charge is 0.479 e. The number of carboxylic acid groups (broad SMARTS) is 1. The number of hydrogen-bond acceptors (Lipinski definition) is 5. The summed E-state index contributed by atoms with van der Waals surface area (Å²) in [5.74, 6) is -2.00. The van der Waals surface area contributed by atoms with E-state index in [1.54, 1.807) is 40.7 Å². The maximum atomic E-state index is 12.1. The van der Waals surface area contributed by atoms with Crippen molar-refractivity contribution in [2.75, 3.05) is 13.1 Å². The molecule has 0 unspecified atom stereocenters. The van der Waals surface area contributed by atoms with Crippen molar-refractivity contribution in [1.82, 2.24) is 4.90 Å². The molecule has 0 spiro atoms. The Labute approximate surface area is 123 Å². The van der Waals surface area contributed by atoms with E-state index in [1.807, 2.05) is 0 Å². The van der Waals surface area contributed by atoms with Crippen molar-refractivity contribution in [3.8, 4) is 0 Å². The van der Waals surface area contributed by atoms with Crippen LogP contribution in [0, 0.1) is 0 Å². The van der Waals surface area contributed by atoms with Gasteiger partial charge < -0.3 is 24.2 Å². The third-order valence-corrected chi connectivity index (χ3v) is 3.08. The molecule has 1 amide bonds. The summed E-state index contributed by atoms with van der Waals surface area (Å²) in [5, 5.41) is 9.54. The maximum Gasteiger partial charge on any atom is 0.410 e. The Kier molecular flexibility index (Phi) is 3.44. The van der Waals surface area contributed by atoms with Gasteiger partial charge in [-0.05, 0) is 26.8 Å². The molecule has 1 fully saturated rings. The molecular formula is C14H21NO6. The number of aliphatic carboxylic acids is 1. The number of rotatable bonds is 1. The molecular weight excluding hydrogens is 278 g/mol. The first kappa shape index (κ1) is 15.6. The Bertz CT molecular complexity index is 504. The molecule has 1 saturated heterocycles. The fraction of sp³-hybridized carbons (Fsp3) is 0.714. The molecule has 0 aromatic carbocycles. The smallest absolute Gasteiger partial charge is 0.410 e. The van der Waals surface area contributed by atoms with E-state index in [9.17, 15) is 14.7 Å². The molecule has 0 saturated carbocycles. The van der Waals surface area contributed by atoms with Crippen molar-refractivity contribution in [3.05, 3.63) is 11.8 Å². The fourth-order valence-corrected chi connectivity index (χ4v) is 2.36. The molecule has 0 radical (unpaired) electrons. The molecule has 1 N–H and O–H groups in total. The molecule has 21 heavy (non-hydrogen) atoms. The number of ether oxygens (including phenoxy) is 3. The lowest BCUT2D eigenvalue weighted by Crippen LogP contribution is -2.55. The van der Waals surface area contributed by atoms with Crippen LogP contribution in [0.4, 0.5) is 4.79 Å². The predicted molar refractivity (Wildman–Crippen MR) is 72.5 cm³/mol. The fourth-order valence-electron chi connectivity index (χ4n) is 2.36. The summed E-state index contributed by atoms with van der Waals surface area (Å²) in [6.45, 7) is 8.60. The van der Waals surface area contributed by atoms with Gasteiger partial charge in [0.05, 0.1) is 6.54 Å². The van der Waals surface area contributed by atoms with Crippen LogP contribution >= 0.6 is 0 Å². The lowest BCUT2D eigenvalue weighted by atomic mass is 9.97. The molecule has 2 aliphatic rings. The number of fused-ring (bicyclic) bond motifs is 1. The van der Waals surface area contributed by atoms with E-state index in [1.165, 1.54) is 4.90 Å². The molecule has 118 valence electrons. The number of carbonyl (C=O) groups is 2. The van der Waals surface area contributed by atoms with Crippen LogP contribution in [-0.2, 0) is 19.0 Å². The minimum atomic E-state index is -1.67. The van der Waals surface area contributed by atoms with Gasteiger partial charge in [0.1, 0.15) is 11.4 Å². The van der Waals surface area contributed by atoms with Crippen molar-refractivity contribution in [2.45, 2.75) is 51.6 Å². The standard InChI is InChI=1S/C14H21NO6/c1-12(2,3)20-11(18)15-7-6-9-14(8-15,10(16)17)21-13(4,5)19-9/h6H,7-8H2,1-5H3,(H,16,17)/t14-/m0/s1. The van der Waals surface area contributed by atoms with Crippen LogP contribution in [0.5, 0.6) is 0 Å².